The lowest BCUT2D eigenvalue weighted by Gasteiger charge is -2.12. The predicted octanol–water partition coefficient (Wildman–Crippen LogP) is 4.56. The van der Waals surface area contributed by atoms with E-state index in [1.165, 1.54) is 0 Å². The second-order valence-corrected chi connectivity index (χ2v) is 6.53. The summed E-state index contributed by atoms with van der Waals surface area (Å²) in [4.78, 5) is 4.45. The first-order valence-corrected chi connectivity index (χ1v) is 9.50. The van der Waals surface area contributed by atoms with Gasteiger partial charge in [0, 0.05) is 18.6 Å². The zero-order valence-corrected chi connectivity index (χ0v) is 16.2. The molecule has 0 amide bonds. The number of benzene rings is 2. The van der Waals surface area contributed by atoms with E-state index in [2.05, 4.69) is 15.5 Å². The molecule has 7 nitrogen and oxygen atoms in total. The van der Waals surface area contributed by atoms with Crippen molar-refractivity contribution in [1.82, 2.24) is 10.1 Å². The molecule has 0 saturated carbocycles. The van der Waals surface area contributed by atoms with Gasteiger partial charge in [0.15, 0.2) is 11.5 Å². The lowest BCUT2D eigenvalue weighted by molar-refractivity contribution is 0.297. The molecule has 1 aromatic heterocycles. The van der Waals surface area contributed by atoms with Crippen LogP contribution in [0.1, 0.15) is 19.2 Å². The molecule has 4 rings (SSSR count). The molecule has 0 saturated heterocycles. The molecule has 0 aliphatic carbocycles. The van der Waals surface area contributed by atoms with Crippen LogP contribution in [0.5, 0.6) is 17.2 Å². The molecule has 1 N–H and O–H groups in total. The van der Waals surface area contributed by atoms with E-state index in [1.807, 2.05) is 37.3 Å². The third kappa shape index (κ3) is 3.99. The summed E-state index contributed by atoms with van der Waals surface area (Å²) in [6.07, 6.45) is 0.836. The van der Waals surface area contributed by atoms with Crippen molar-refractivity contribution in [2.45, 2.75) is 19.9 Å². The maximum Gasteiger partial charge on any atom is 0.246 e. The van der Waals surface area contributed by atoms with Crippen LogP contribution in [0.15, 0.2) is 40.9 Å². The number of para-hydroxylation sites is 1. The Morgan fingerprint density at radius 2 is 1.93 bits per heavy atom. The van der Waals surface area contributed by atoms with Gasteiger partial charge in [0.2, 0.25) is 11.7 Å². The molecule has 0 atom stereocenters. The summed E-state index contributed by atoms with van der Waals surface area (Å²) in [5.41, 5.74) is 1.49. The standard InChI is InChI=1S/C20H20ClN3O4/c1-2-25-16-7-4-3-6-13(16)20-23-19(28-24-20)12-22-15-11-18-17(10-14(15)21)26-8-5-9-27-18/h3-4,6-7,10-11,22H,2,5,8-9,12H2,1H3. The zero-order valence-electron chi connectivity index (χ0n) is 15.4. The van der Waals surface area contributed by atoms with Gasteiger partial charge in [-0.1, -0.05) is 28.9 Å². The molecule has 0 unspecified atom stereocenters. The average molecular weight is 402 g/mol. The highest BCUT2D eigenvalue weighted by atomic mass is 35.5. The van der Waals surface area contributed by atoms with Crippen molar-refractivity contribution >= 4 is 17.3 Å². The molecule has 2 heterocycles. The van der Waals surface area contributed by atoms with E-state index in [0.29, 0.717) is 60.3 Å². The SMILES string of the molecule is CCOc1ccccc1-c1noc(CNc2cc3c(cc2Cl)OCCCO3)n1. The Kier molecular flexibility index (Phi) is 5.53. The second-order valence-electron chi connectivity index (χ2n) is 6.12. The molecule has 1 aliphatic rings. The molecular weight excluding hydrogens is 382 g/mol. The maximum absolute atomic E-state index is 6.36. The molecule has 0 bridgehead atoms. The van der Waals surface area contributed by atoms with Gasteiger partial charge in [-0.05, 0) is 19.1 Å². The average Bonchev–Trinajstić information content (AvgIpc) is 3.06. The van der Waals surface area contributed by atoms with Crippen LogP contribution in [0.3, 0.4) is 0 Å². The number of hydrogen-bond acceptors (Lipinski definition) is 7. The van der Waals surface area contributed by atoms with Crippen molar-refractivity contribution in [3.8, 4) is 28.6 Å². The quantitative estimate of drug-likeness (QED) is 0.648. The summed E-state index contributed by atoms with van der Waals surface area (Å²) in [5, 5.41) is 7.81. The highest BCUT2D eigenvalue weighted by Gasteiger charge is 2.16. The second kappa shape index (κ2) is 8.39. The van der Waals surface area contributed by atoms with Gasteiger partial charge in [0.05, 0.1) is 42.6 Å². The summed E-state index contributed by atoms with van der Waals surface area (Å²) in [6.45, 7) is 4.04. The number of rotatable bonds is 6. The minimum absolute atomic E-state index is 0.323. The Morgan fingerprint density at radius 1 is 1.14 bits per heavy atom. The molecule has 146 valence electrons. The first-order valence-electron chi connectivity index (χ1n) is 9.12. The number of fused-ring (bicyclic) bond motifs is 1. The number of nitrogens with one attached hydrogen (secondary N) is 1. The fourth-order valence-electron chi connectivity index (χ4n) is 2.86. The molecule has 0 spiro atoms. The first-order chi connectivity index (χ1) is 13.7. The van der Waals surface area contributed by atoms with Gasteiger partial charge in [-0.15, -0.1) is 0 Å². The topological polar surface area (TPSA) is 78.6 Å². The van der Waals surface area contributed by atoms with Gasteiger partial charge in [0.1, 0.15) is 5.75 Å². The van der Waals surface area contributed by atoms with Crippen molar-refractivity contribution in [2.75, 3.05) is 25.1 Å². The smallest absolute Gasteiger partial charge is 0.246 e. The van der Waals surface area contributed by atoms with Crippen molar-refractivity contribution in [3.63, 3.8) is 0 Å². The molecule has 1 aliphatic heterocycles. The van der Waals surface area contributed by atoms with Gasteiger partial charge in [0.25, 0.3) is 0 Å². The highest BCUT2D eigenvalue weighted by Crippen LogP contribution is 2.38. The number of nitrogens with zero attached hydrogens (tertiary/aromatic N) is 2. The number of hydrogen-bond donors (Lipinski definition) is 1. The number of anilines is 1. The maximum atomic E-state index is 6.36. The summed E-state index contributed by atoms with van der Waals surface area (Å²) in [6, 6.07) is 11.2. The molecule has 28 heavy (non-hydrogen) atoms. The molecule has 0 fully saturated rings. The summed E-state index contributed by atoms with van der Waals surface area (Å²) in [7, 11) is 0. The molecule has 2 aromatic carbocycles. The number of ether oxygens (including phenoxy) is 3. The third-order valence-electron chi connectivity index (χ3n) is 4.16. The largest absolute Gasteiger partial charge is 0.493 e. The van der Waals surface area contributed by atoms with Crippen molar-refractivity contribution in [1.29, 1.82) is 0 Å². The van der Waals surface area contributed by atoms with Gasteiger partial charge in [-0.25, -0.2) is 0 Å². The van der Waals surface area contributed by atoms with Crippen LogP contribution in [0.2, 0.25) is 5.02 Å². The number of halogens is 1. The first kappa shape index (κ1) is 18.4. The Bertz CT molecular complexity index is 960. The van der Waals surface area contributed by atoms with E-state index < -0.39 is 0 Å². The van der Waals surface area contributed by atoms with E-state index in [9.17, 15) is 0 Å². The fourth-order valence-corrected chi connectivity index (χ4v) is 3.08. The van der Waals surface area contributed by atoms with Gasteiger partial charge < -0.3 is 24.1 Å². The summed E-state index contributed by atoms with van der Waals surface area (Å²) < 4.78 is 22.3. The minimum Gasteiger partial charge on any atom is -0.493 e. The number of aromatic nitrogens is 2. The zero-order chi connectivity index (χ0) is 19.3. The minimum atomic E-state index is 0.323. The normalized spacial score (nSPS) is 13.1. The Hall–Kier alpha value is -2.93. The Balaban J connectivity index is 1.49. The molecule has 0 radical (unpaired) electrons. The van der Waals surface area contributed by atoms with Crippen LogP contribution in [0.25, 0.3) is 11.4 Å². The molecule has 3 aromatic rings. The van der Waals surface area contributed by atoms with Crippen molar-refractivity contribution < 1.29 is 18.7 Å². The van der Waals surface area contributed by atoms with E-state index in [0.717, 1.165) is 17.7 Å². The highest BCUT2D eigenvalue weighted by molar-refractivity contribution is 6.33. The van der Waals surface area contributed by atoms with E-state index >= 15 is 0 Å². The lowest BCUT2D eigenvalue weighted by atomic mass is 10.2. The monoisotopic (exact) mass is 401 g/mol. The van der Waals surface area contributed by atoms with E-state index in [1.54, 1.807) is 6.07 Å². The van der Waals surface area contributed by atoms with Crippen LogP contribution in [0, 0.1) is 0 Å². The van der Waals surface area contributed by atoms with Crippen LogP contribution < -0.4 is 19.5 Å². The lowest BCUT2D eigenvalue weighted by Crippen LogP contribution is -2.02. The van der Waals surface area contributed by atoms with Gasteiger partial charge >= 0.3 is 0 Å². The predicted molar refractivity (Wildman–Crippen MR) is 105 cm³/mol. The molecular formula is C20H20ClN3O4. The van der Waals surface area contributed by atoms with Crippen molar-refractivity contribution in [3.05, 3.63) is 47.3 Å². The van der Waals surface area contributed by atoms with E-state index in [-0.39, 0.29) is 0 Å². The summed E-state index contributed by atoms with van der Waals surface area (Å²) >= 11 is 6.36. The molecule has 8 heteroatoms. The van der Waals surface area contributed by atoms with Crippen molar-refractivity contribution in [2.24, 2.45) is 0 Å². The van der Waals surface area contributed by atoms with Crippen LogP contribution in [-0.2, 0) is 6.54 Å². The van der Waals surface area contributed by atoms with Crippen LogP contribution in [0.4, 0.5) is 5.69 Å². The van der Waals surface area contributed by atoms with E-state index in [4.69, 9.17) is 30.3 Å². The Labute approximate surface area is 167 Å². The Morgan fingerprint density at radius 3 is 2.75 bits per heavy atom. The van der Waals surface area contributed by atoms with Crippen LogP contribution >= 0.6 is 11.6 Å². The third-order valence-corrected chi connectivity index (χ3v) is 4.48. The van der Waals surface area contributed by atoms with Crippen LogP contribution in [-0.4, -0.2) is 30.0 Å². The van der Waals surface area contributed by atoms with Gasteiger partial charge in [-0.3, -0.25) is 0 Å². The fraction of sp³-hybridized carbons (Fsp3) is 0.300. The summed E-state index contributed by atoms with van der Waals surface area (Å²) in [5.74, 6) is 2.95. The van der Waals surface area contributed by atoms with Gasteiger partial charge in [-0.2, -0.15) is 4.98 Å².